The molecule has 1 aromatic carbocycles. The van der Waals surface area contributed by atoms with Crippen molar-refractivity contribution in [2.24, 2.45) is 0 Å². The zero-order valence-corrected chi connectivity index (χ0v) is 9.59. The lowest BCUT2D eigenvalue weighted by Crippen LogP contribution is -1.88. The van der Waals surface area contributed by atoms with Crippen molar-refractivity contribution in [2.45, 2.75) is 6.92 Å². The Hall–Kier alpha value is -2.22. The average molecular weight is 220 g/mol. The van der Waals surface area contributed by atoms with Gasteiger partial charge in [0.05, 0.1) is 11.2 Å². The SMILES string of the molecule is Cc1ccc2cccc(-c3ccccn3)c2n1. The van der Waals surface area contributed by atoms with E-state index in [1.54, 1.807) is 0 Å². The van der Waals surface area contributed by atoms with Crippen LogP contribution in [-0.4, -0.2) is 9.97 Å². The van der Waals surface area contributed by atoms with E-state index in [0.29, 0.717) is 0 Å². The predicted molar refractivity (Wildman–Crippen MR) is 69.7 cm³/mol. The van der Waals surface area contributed by atoms with Crippen molar-refractivity contribution >= 4 is 10.9 Å². The van der Waals surface area contributed by atoms with Gasteiger partial charge in [0, 0.05) is 22.8 Å². The summed E-state index contributed by atoms with van der Waals surface area (Å²) in [6, 6.07) is 16.3. The molecule has 0 spiro atoms. The Morgan fingerprint density at radius 2 is 1.82 bits per heavy atom. The van der Waals surface area contributed by atoms with Crippen molar-refractivity contribution in [3.63, 3.8) is 0 Å². The Bertz CT molecular complexity index is 660. The van der Waals surface area contributed by atoms with Crippen molar-refractivity contribution in [1.29, 1.82) is 0 Å². The van der Waals surface area contributed by atoms with E-state index in [1.807, 2.05) is 43.5 Å². The third-order valence-electron chi connectivity index (χ3n) is 2.80. The van der Waals surface area contributed by atoms with E-state index in [9.17, 15) is 0 Å². The van der Waals surface area contributed by atoms with Crippen LogP contribution >= 0.6 is 0 Å². The number of hydrogen-bond donors (Lipinski definition) is 0. The zero-order valence-electron chi connectivity index (χ0n) is 9.59. The molecule has 0 amide bonds. The van der Waals surface area contributed by atoms with Crippen LogP contribution in [0.25, 0.3) is 22.2 Å². The van der Waals surface area contributed by atoms with Crippen molar-refractivity contribution in [2.75, 3.05) is 0 Å². The Labute approximate surface area is 100.0 Å². The van der Waals surface area contributed by atoms with Crippen LogP contribution in [0.15, 0.2) is 54.7 Å². The Balaban J connectivity index is 2.33. The molecular weight excluding hydrogens is 208 g/mol. The third-order valence-corrected chi connectivity index (χ3v) is 2.80. The Kier molecular flexibility index (Phi) is 2.33. The molecule has 2 heteroatoms. The molecule has 0 bridgehead atoms. The second kappa shape index (κ2) is 3.98. The van der Waals surface area contributed by atoms with E-state index < -0.39 is 0 Å². The van der Waals surface area contributed by atoms with E-state index in [0.717, 1.165) is 27.9 Å². The van der Waals surface area contributed by atoms with Gasteiger partial charge in [-0.2, -0.15) is 0 Å². The predicted octanol–water partition coefficient (Wildman–Crippen LogP) is 3.61. The quantitative estimate of drug-likeness (QED) is 0.626. The molecule has 0 fully saturated rings. The van der Waals surface area contributed by atoms with Gasteiger partial charge in [-0.15, -0.1) is 0 Å². The number of nitrogens with zero attached hydrogens (tertiary/aromatic N) is 2. The Morgan fingerprint density at radius 1 is 0.882 bits per heavy atom. The number of para-hydroxylation sites is 1. The zero-order chi connectivity index (χ0) is 11.7. The summed E-state index contributed by atoms with van der Waals surface area (Å²) >= 11 is 0. The summed E-state index contributed by atoms with van der Waals surface area (Å²) in [6.45, 7) is 2.01. The molecule has 0 atom stereocenters. The van der Waals surface area contributed by atoms with Gasteiger partial charge in [-0.1, -0.05) is 30.3 Å². The van der Waals surface area contributed by atoms with Gasteiger partial charge in [-0.05, 0) is 25.1 Å². The van der Waals surface area contributed by atoms with Crippen molar-refractivity contribution < 1.29 is 0 Å². The number of pyridine rings is 2. The standard InChI is InChI=1S/C15H12N2/c1-11-8-9-12-5-4-6-13(15(12)17-11)14-7-2-3-10-16-14/h2-10H,1H3. The minimum Gasteiger partial charge on any atom is -0.256 e. The molecule has 82 valence electrons. The number of aryl methyl sites for hydroxylation is 1. The fourth-order valence-electron chi connectivity index (χ4n) is 1.97. The van der Waals surface area contributed by atoms with E-state index in [-0.39, 0.29) is 0 Å². The van der Waals surface area contributed by atoms with Crippen LogP contribution in [-0.2, 0) is 0 Å². The molecule has 0 N–H and O–H groups in total. The minimum absolute atomic E-state index is 0.969. The van der Waals surface area contributed by atoms with E-state index in [1.165, 1.54) is 0 Å². The van der Waals surface area contributed by atoms with E-state index >= 15 is 0 Å². The number of benzene rings is 1. The molecular formula is C15H12N2. The molecule has 17 heavy (non-hydrogen) atoms. The van der Waals surface area contributed by atoms with Gasteiger partial charge in [0.25, 0.3) is 0 Å². The first kappa shape index (κ1) is 9.97. The topological polar surface area (TPSA) is 25.8 Å². The molecule has 0 radical (unpaired) electrons. The van der Waals surface area contributed by atoms with Gasteiger partial charge in [0.15, 0.2) is 0 Å². The van der Waals surface area contributed by atoms with E-state index in [4.69, 9.17) is 0 Å². The molecule has 2 nitrogen and oxygen atoms in total. The smallest absolute Gasteiger partial charge is 0.0799 e. The van der Waals surface area contributed by atoms with Gasteiger partial charge in [0.2, 0.25) is 0 Å². The molecule has 0 saturated heterocycles. The number of fused-ring (bicyclic) bond motifs is 1. The summed E-state index contributed by atoms with van der Waals surface area (Å²) in [5.74, 6) is 0. The fraction of sp³-hybridized carbons (Fsp3) is 0.0667. The van der Waals surface area contributed by atoms with Gasteiger partial charge < -0.3 is 0 Å². The van der Waals surface area contributed by atoms with Gasteiger partial charge >= 0.3 is 0 Å². The van der Waals surface area contributed by atoms with Gasteiger partial charge in [-0.3, -0.25) is 9.97 Å². The summed E-state index contributed by atoms with van der Waals surface area (Å²) in [4.78, 5) is 9.00. The van der Waals surface area contributed by atoms with Crippen molar-refractivity contribution in [3.05, 3.63) is 60.4 Å². The van der Waals surface area contributed by atoms with Gasteiger partial charge in [-0.25, -0.2) is 0 Å². The largest absolute Gasteiger partial charge is 0.256 e. The summed E-state index contributed by atoms with van der Waals surface area (Å²) < 4.78 is 0. The highest BCUT2D eigenvalue weighted by atomic mass is 14.7. The monoisotopic (exact) mass is 220 g/mol. The highest BCUT2D eigenvalue weighted by Gasteiger charge is 2.05. The number of rotatable bonds is 1. The summed E-state index contributed by atoms with van der Waals surface area (Å²) in [7, 11) is 0. The fourth-order valence-corrected chi connectivity index (χ4v) is 1.97. The van der Waals surface area contributed by atoms with Crippen LogP contribution < -0.4 is 0 Å². The minimum atomic E-state index is 0.969. The second-order valence-corrected chi connectivity index (χ2v) is 4.04. The Morgan fingerprint density at radius 3 is 2.65 bits per heavy atom. The summed E-state index contributed by atoms with van der Waals surface area (Å²) in [5.41, 5.74) is 4.11. The lowest BCUT2D eigenvalue weighted by molar-refractivity contribution is 1.25. The van der Waals surface area contributed by atoms with Crippen LogP contribution in [0.4, 0.5) is 0 Å². The first-order valence-electron chi connectivity index (χ1n) is 5.62. The van der Waals surface area contributed by atoms with E-state index in [2.05, 4.69) is 28.2 Å². The lowest BCUT2D eigenvalue weighted by atomic mass is 10.1. The summed E-state index contributed by atoms with van der Waals surface area (Å²) in [5, 5.41) is 1.15. The summed E-state index contributed by atoms with van der Waals surface area (Å²) in [6.07, 6.45) is 1.81. The van der Waals surface area contributed by atoms with Crippen LogP contribution in [0, 0.1) is 6.92 Å². The van der Waals surface area contributed by atoms with Crippen LogP contribution in [0.5, 0.6) is 0 Å². The molecule has 0 aliphatic carbocycles. The molecule has 2 aromatic heterocycles. The maximum Gasteiger partial charge on any atom is 0.0799 e. The maximum atomic E-state index is 4.61. The van der Waals surface area contributed by atoms with Crippen LogP contribution in [0.2, 0.25) is 0 Å². The highest BCUT2D eigenvalue weighted by Crippen LogP contribution is 2.25. The lowest BCUT2D eigenvalue weighted by Gasteiger charge is -2.05. The van der Waals surface area contributed by atoms with Crippen molar-refractivity contribution in [1.82, 2.24) is 9.97 Å². The maximum absolute atomic E-state index is 4.61. The average Bonchev–Trinajstić information content (AvgIpc) is 2.39. The molecule has 3 aromatic rings. The molecule has 0 aliphatic rings. The van der Waals surface area contributed by atoms with Crippen LogP contribution in [0.3, 0.4) is 0 Å². The van der Waals surface area contributed by atoms with Crippen molar-refractivity contribution in [3.8, 4) is 11.3 Å². The first-order chi connectivity index (χ1) is 8.34. The second-order valence-electron chi connectivity index (χ2n) is 4.04. The molecule has 3 rings (SSSR count). The van der Waals surface area contributed by atoms with Gasteiger partial charge in [0.1, 0.15) is 0 Å². The highest BCUT2D eigenvalue weighted by molar-refractivity contribution is 5.92. The molecule has 2 heterocycles. The normalized spacial score (nSPS) is 10.6. The molecule has 0 aliphatic heterocycles. The molecule has 0 saturated carbocycles. The number of aromatic nitrogens is 2. The number of hydrogen-bond acceptors (Lipinski definition) is 2. The third kappa shape index (κ3) is 1.78. The first-order valence-corrected chi connectivity index (χ1v) is 5.62. The molecule has 0 unspecified atom stereocenters. The van der Waals surface area contributed by atoms with Crippen LogP contribution in [0.1, 0.15) is 5.69 Å².